The Morgan fingerprint density at radius 2 is 2.26 bits per heavy atom. The molecule has 19 heavy (non-hydrogen) atoms. The molecular weight excluding hydrogens is 314 g/mol. The van der Waals surface area contributed by atoms with Gasteiger partial charge in [0.2, 0.25) is 5.91 Å². The number of ether oxygens (including phenoxy) is 1. The van der Waals surface area contributed by atoms with Crippen molar-refractivity contribution in [3.8, 4) is 0 Å². The average Bonchev–Trinajstić information content (AvgIpc) is 2.41. The lowest BCUT2D eigenvalue weighted by atomic mass is 10.2. The van der Waals surface area contributed by atoms with Crippen LogP contribution >= 0.6 is 15.9 Å². The van der Waals surface area contributed by atoms with Crippen molar-refractivity contribution < 1.29 is 19.4 Å². The summed E-state index contributed by atoms with van der Waals surface area (Å²) in [5, 5.41) is 11.3. The summed E-state index contributed by atoms with van der Waals surface area (Å²) in [6.45, 7) is -0.511. The van der Waals surface area contributed by atoms with Crippen LogP contribution in [0.5, 0.6) is 0 Å². The van der Waals surface area contributed by atoms with Crippen LogP contribution in [-0.2, 0) is 14.3 Å². The summed E-state index contributed by atoms with van der Waals surface area (Å²) in [4.78, 5) is 22.7. The van der Waals surface area contributed by atoms with Crippen molar-refractivity contribution in [2.45, 2.75) is 6.04 Å². The van der Waals surface area contributed by atoms with Crippen molar-refractivity contribution in [2.75, 3.05) is 13.7 Å². The van der Waals surface area contributed by atoms with Crippen LogP contribution in [0.4, 0.5) is 0 Å². The summed E-state index contributed by atoms with van der Waals surface area (Å²) in [5.41, 5.74) is 0.836. The van der Waals surface area contributed by atoms with Crippen molar-refractivity contribution in [1.82, 2.24) is 5.32 Å². The second kappa shape index (κ2) is 7.70. The minimum Gasteiger partial charge on any atom is -0.467 e. The van der Waals surface area contributed by atoms with Crippen LogP contribution in [0.1, 0.15) is 5.56 Å². The van der Waals surface area contributed by atoms with Gasteiger partial charge in [-0.1, -0.05) is 28.1 Å². The largest absolute Gasteiger partial charge is 0.467 e. The highest BCUT2D eigenvalue weighted by molar-refractivity contribution is 9.10. The van der Waals surface area contributed by atoms with Crippen molar-refractivity contribution in [3.63, 3.8) is 0 Å². The molecule has 0 aliphatic rings. The molecule has 1 rings (SSSR count). The van der Waals surface area contributed by atoms with Gasteiger partial charge in [-0.25, -0.2) is 4.79 Å². The summed E-state index contributed by atoms with van der Waals surface area (Å²) in [5.74, 6) is -1.17. The molecule has 5 nitrogen and oxygen atoms in total. The number of hydrogen-bond acceptors (Lipinski definition) is 4. The minimum atomic E-state index is -1.05. The number of rotatable bonds is 5. The monoisotopic (exact) mass is 327 g/mol. The molecule has 102 valence electrons. The Kier molecular flexibility index (Phi) is 6.24. The Morgan fingerprint density at radius 3 is 2.84 bits per heavy atom. The molecule has 0 saturated heterocycles. The van der Waals surface area contributed by atoms with E-state index >= 15 is 0 Å². The summed E-state index contributed by atoms with van der Waals surface area (Å²) < 4.78 is 5.34. The molecule has 0 radical (unpaired) electrons. The minimum absolute atomic E-state index is 0.482. The molecule has 1 amide bonds. The number of carbonyl (C=O) groups is 2. The van der Waals surface area contributed by atoms with Gasteiger partial charge >= 0.3 is 5.97 Å². The molecule has 0 aliphatic carbocycles. The van der Waals surface area contributed by atoms with E-state index in [-0.39, 0.29) is 0 Å². The number of amides is 1. The molecule has 0 saturated carbocycles. The van der Waals surface area contributed by atoms with Gasteiger partial charge in [-0.2, -0.15) is 0 Å². The Hall–Kier alpha value is -1.66. The first kappa shape index (κ1) is 15.4. The summed E-state index contributed by atoms with van der Waals surface area (Å²) in [6, 6.07) is 6.33. The molecule has 0 heterocycles. The van der Waals surface area contributed by atoms with Crippen molar-refractivity contribution >= 4 is 33.9 Å². The molecule has 0 aliphatic heterocycles. The van der Waals surface area contributed by atoms with Crippen LogP contribution in [0.3, 0.4) is 0 Å². The van der Waals surface area contributed by atoms with Gasteiger partial charge in [-0.05, 0) is 23.8 Å². The van der Waals surface area contributed by atoms with Crippen molar-refractivity contribution in [2.24, 2.45) is 0 Å². The lowest BCUT2D eigenvalue weighted by molar-refractivity contribution is -0.145. The third-order valence-electron chi connectivity index (χ3n) is 2.26. The SMILES string of the molecule is COC(=O)C(CO)NC(=O)/C=C/c1cccc(Br)c1. The zero-order valence-electron chi connectivity index (χ0n) is 10.3. The highest BCUT2D eigenvalue weighted by Crippen LogP contribution is 2.12. The second-order valence-corrected chi connectivity index (χ2v) is 4.57. The molecular formula is C13H14BrNO4. The number of halogens is 1. The predicted molar refractivity (Wildman–Crippen MR) is 74.2 cm³/mol. The van der Waals surface area contributed by atoms with Crippen LogP contribution in [0.2, 0.25) is 0 Å². The third-order valence-corrected chi connectivity index (χ3v) is 2.75. The van der Waals surface area contributed by atoms with Gasteiger partial charge in [-0.15, -0.1) is 0 Å². The van der Waals surface area contributed by atoms with E-state index < -0.39 is 24.5 Å². The Labute approximate surface area is 119 Å². The molecule has 1 aromatic carbocycles. The molecule has 0 bridgehead atoms. The molecule has 1 unspecified atom stereocenters. The smallest absolute Gasteiger partial charge is 0.330 e. The average molecular weight is 328 g/mol. The first-order chi connectivity index (χ1) is 9.06. The standard InChI is InChI=1S/C13H14BrNO4/c1-19-13(18)11(8-16)15-12(17)6-5-9-3-2-4-10(14)7-9/h2-7,11,16H,8H2,1H3,(H,15,17)/b6-5+. The molecule has 0 fully saturated rings. The van der Waals surface area contributed by atoms with Gasteiger partial charge < -0.3 is 15.2 Å². The number of carbonyl (C=O) groups excluding carboxylic acids is 2. The van der Waals surface area contributed by atoms with E-state index in [9.17, 15) is 9.59 Å². The number of nitrogens with one attached hydrogen (secondary N) is 1. The number of aliphatic hydroxyl groups excluding tert-OH is 1. The van der Waals surface area contributed by atoms with E-state index in [1.807, 2.05) is 24.3 Å². The Morgan fingerprint density at radius 1 is 1.53 bits per heavy atom. The molecule has 1 aromatic rings. The predicted octanol–water partition coefficient (Wildman–Crippen LogP) is 1.11. The van der Waals surface area contributed by atoms with Gasteiger partial charge in [0.25, 0.3) is 0 Å². The fraction of sp³-hybridized carbons (Fsp3) is 0.231. The van der Waals surface area contributed by atoms with Crippen LogP contribution in [-0.4, -0.2) is 36.7 Å². The maximum atomic E-state index is 11.6. The molecule has 1 atom stereocenters. The number of aliphatic hydroxyl groups is 1. The number of esters is 1. The third kappa shape index (κ3) is 5.23. The van der Waals surface area contributed by atoms with Crippen LogP contribution in [0, 0.1) is 0 Å². The topological polar surface area (TPSA) is 75.6 Å². The Bertz CT molecular complexity index is 487. The quantitative estimate of drug-likeness (QED) is 0.627. The van der Waals surface area contributed by atoms with E-state index in [0.717, 1.165) is 10.0 Å². The maximum absolute atomic E-state index is 11.6. The molecule has 2 N–H and O–H groups in total. The van der Waals surface area contributed by atoms with Crippen LogP contribution in [0.15, 0.2) is 34.8 Å². The zero-order valence-corrected chi connectivity index (χ0v) is 11.9. The normalized spacial score (nSPS) is 12.2. The fourth-order valence-corrected chi connectivity index (χ4v) is 1.74. The summed E-state index contributed by atoms with van der Waals surface area (Å²) >= 11 is 3.32. The van der Waals surface area contributed by atoms with E-state index in [0.29, 0.717) is 0 Å². The van der Waals surface area contributed by atoms with E-state index in [1.54, 1.807) is 6.08 Å². The van der Waals surface area contributed by atoms with Crippen LogP contribution < -0.4 is 5.32 Å². The van der Waals surface area contributed by atoms with Gasteiger partial charge in [0.1, 0.15) is 0 Å². The highest BCUT2D eigenvalue weighted by Gasteiger charge is 2.18. The van der Waals surface area contributed by atoms with Crippen molar-refractivity contribution in [3.05, 3.63) is 40.4 Å². The van der Waals surface area contributed by atoms with Gasteiger partial charge in [0, 0.05) is 10.5 Å². The highest BCUT2D eigenvalue weighted by atomic mass is 79.9. The number of methoxy groups -OCH3 is 1. The molecule has 0 aromatic heterocycles. The van der Waals surface area contributed by atoms with Gasteiger partial charge in [0.05, 0.1) is 13.7 Å². The Balaban J connectivity index is 2.62. The molecule has 0 spiro atoms. The van der Waals surface area contributed by atoms with E-state index in [2.05, 4.69) is 26.0 Å². The number of benzene rings is 1. The van der Waals surface area contributed by atoms with E-state index in [1.165, 1.54) is 13.2 Å². The lowest BCUT2D eigenvalue weighted by Gasteiger charge is -2.11. The molecule has 6 heteroatoms. The maximum Gasteiger partial charge on any atom is 0.330 e. The number of hydrogen-bond donors (Lipinski definition) is 2. The first-order valence-electron chi connectivity index (χ1n) is 5.49. The van der Waals surface area contributed by atoms with Crippen LogP contribution in [0.25, 0.3) is 6.08 Å². The summed E-state index contributed by atoms with van der Waals surface area (Å²) in [7, 11) is 1.19. The van der Waals surface area contributed by atoms with Gasteiger partial charge in [-0.3, -0.25) is 4.79 Å². The lowest BCUT2D eigenvalue weighted by Crippen LogP contribution is -2.43. The summed E-state index contributed by atoms with van der Waals surface area (Å²) in [6.07, 6.45) is 2.89. The zero-order chi connectivity index (χ0) is 14.3. The van der Waals surface area contributed by atoms with Gasteiger partial charge in [0.15, 0.2) is 6.04 Å². The second-order valence-electron chi connectivity index (χ2n) is 3.66. The van der Waals surface area contributed by atoms with E-state index in [4.69, 9.17) is 5.11 Å². The first-order valence-corrected chi connectivity index (χ1v) is 6.29. The fourth-order valence-electron chi connectivity index (χ4n) is 1.32. The van der Waals surface area contributed by atoms with Crippen molar-refractivity contribution in [1.29, 1.82) is 0 Å².